The van der Waals surface area contributed by atoms with Gasteiger partial charge in [-0.15, -0.1) is 0 Å². The fourth-order valence-corrected chi connectivity index (χ4v) is 4.42. The molecule has 188 valence electrons. The highest BCUT2D eigenvalue weighted by atomic mass is 16.4. The van der Waals surface area contributed by atoms with Crippen LogP contribution in [0.1, 0.15) is 116 Å². The van der Waals surface area contributed by atoms with Crippen LogP contribution < -0.4 is 5.73 Å². The Labute approximate surface area is 195 Å². The summed E-state index contributed by atoms with van der Waals surface area (Å²) in [7, 11) is 0. The number of allylic oxidation sites excluding steroid dienone is 1. The molecule has 5 N–H and O–H groups in total. The first-order valence-electron chi connectivity index (χ1n) is 12.9. The van der Waals surface area contributed by atoms with Gasteiger partial charge in [-0.2, -0.15) is 0 Å². The average molecular weight is 456 g/mol. The van der Waals surface area contributed by atoms with Crippen molar-refractivity contribution in [1.82, 2.24) is 0 Å². The Hall–Kier alpha value is -1.40. The number of amides is 1. The van der Waals surface area contributed by atoms with Crippen molar-refractivity contribution in [2.75, 3.05) is 13.2 Å². The van der Waals surface area contributed by atoms with Crippen LogP contribution in [0.4, 0.5) is 0 Å². The van der Waals surface area contributed by atoms with Gasteiger partial charge in [0.15, 0.2) is 0 Å². The lowest BCUT2D eigenvalue weighted by Crippen LogP contribution is -2.46. The van der Waals surface area contributed by atoms with Gasteiger partial charge in [0.2, 0.25) is 5.91 Å². The molecule has 0 aromatic rings. The van der Waals surface area contributed by atoms with Gasteiger partial charge in [0, 0.05) is 13.2 Å². The number of carboxylic acids is 1. The second-order valence-corrected chi connectivity index (χ2v) is 9.07. The molecule has 0 aliphatic carbocycles. The molecule has 2 unspecified atom stereocenters. The number of aliphatic hydroxyl groups excluding tert-OH is 2. The maximum absolute atomic E-state index is 12.1. The summed E-state index contributed by atoms with van der Waals surface area (Å²) in [4.78, 5) is 23.8. The van der Waals surface area contributed by atoms with E-state index in [1.165, 1.54) is 77.0 Å². The van der Waals surface area contributed by atoms with Crippen LogP contribution in [-0.2, 0) is 9.59 Å². The van der Waals surface area contributed by atoms with E-state index in [1.54, 1.807) is 6.08 Å². The summed E-state index contributed by atoms with van der Waals surface area (Å²) in [6.45, 7) is 1.55. The van der Waals surface area contributed by atoms with Gasteiger partial charge in [-0.25, -0.2) is 0 Å². The van der Waals surface area contributed by atoms with E-state index in [9.17, 15) is 24.9 Å². The second kappa shape index (κ2) is 20.2. The van der Waals surface area contributed by atoms with Gasteiger partial charge in [0.05, 0.1) is 11.3 Å². The van der Waals surface area contributed by atoms with Crippen LogP contribution in [0.25, 0.3) is 0 Å². The summed E-state index contributed by atoms with van der Waals surface area (Å²) >= 11 is 0. The van der Waals surface area contributed by atoms with E-state index in [2.05, 4.69) is 6.92 Å². The highest BCUT2D eigenvalue weighted by molar-refractivity contribution is 5.89. The maximum atomic E-state index is 12.1. The third kappa shape index (κ3) is 13.2. The molecule has 0 aliphatic rings. The molecule has 0 radical (unpaired) electrons. The van der Waals surface area contributed by atoms with Crippen molar-refractivity contribution in [3.63, 3.8) is 0 Å². The van der Waals surface area contributed by atoms with Crippen LogP contribution >= 0.6 is 0 Å². The van der Waals surface area contributed by atoms with Gasteiger partial charge in [-0.3, -0.25) is 9.59 Å². The molecule has 0 saturated carbocycles. The predicted octanol–water partition coefficient (Wildman–Crippen LogP) is 5.35. The van der Waals surface area contributed by atoms with Crippen LogP contribution in [0.3, 0.4) is 0 Å². The fraction of sp³-hybridized carbons (Fsp3) is 0.846. The zero-order chi connectivity index (χ0) is 24.1. The summed E-state index contributed by atoms with van der Waals surface area (Å²) in [5, 5.41) is 28.1. The van der Waals surface area contributed by atoms with Crippen LogP contribution in [0.15, 0.2) is 12.2 Å². The molecule has 0 saturated heterocycles. The molecule has 2 atom stereocenters. The number of hydrogen-bond donors (Lipinski definition) is 4. The molecule has 0 rings (SSSR count). The molecule has 0 spiro atoms. The molecule has 6 nitrogen and oxygen atoms in total. The smallest absolute Gasteiger partial charge is 0.308 e. The number of carbonyl (C=O) groups excluding carboxylic acids is 1. The van der Waals surface area contributed by atoms with E-state index < -0.39 is 23.2 Å². The number of rotatable bonds is 23. The zero-order valence-electron chi connectivity index (χ0n) is 20.4. The van der Waals surface area contributed by atoms with E-state index in [-0.39, 0.29) is 26.1 Å². The maximum Gasteiger partial charge on any atom is 0.308 e. The minimum Gasteiger partial charge on any atom is -0.481 e. The first-order chi connectivity index (χ1) is 15.5. The fourth-order valence-electron chi connectivity index (χ4n) is 4.42. The van der Waals surface area contributed by atoms with Gasteiger partial charge < -0.3 is 21.1 Å². The van der Waals surface area contributed by atoms with Gasteiger partial charge in [0.25, 0.3) is 0 Å². The minimum absolute atomic E-state index is 0.0610. The van der Waals surface area contributed by atoms with E-state index in [4.69, 9.17) is 5.73 Å². The molecule has 6 heteroatoms. The summed E-state index contributed by atoms with van der Waals surface area (Å²) in [6, 6.07) is 0. The number of carbonyl (C=O) groups is 2. The molecule has 0 fully saturated rings. The molecule has 0 aromatic heterocycles. The van der Waals surface area contributed by atoms with Crippen molar-refractivity contribution >= 4 is 11.9 Å². The van der Waals surface area contributed by atoms with Gasteiger partial charge in [0.1, 0.15) is 0 Å². The number of aliphatic carboxylic acids is 1. The van der Waals surface area contributed by atoms with Crippen LogP contribution in [0.2, 0.25) is 0 Å². The zero-order valence-corrected chi connectivity index (χ0v) is 20.4. The molecule has 0 aromatic carbocycles. The monoisotopic (exact) mass is 455 g/mol. The highest BCUT2D eigenvalue weighted by Crippen LogP contribution is 2.36. The van der Waals surface area contributed by atoms with Crippen LogP contribution in [-0.4, -0.2) is 40.4 Å². The van der Waals surface area contributed by atoms with Crippen LogP contribution in [0.5, 0.6) is 0 Å². The van der Waals surface area contributed by atoms with Crippen molar-refractivity contribution in [2.24, 2.45) is 17.1 Å². The van der Waals surface area contributed by atoms with Crippen molar-refractivity contribution in [1.29, 1.82) is 0 Å². The molecule has 0 aliphatic heterocycles. The number of aliphatic hydroxyl groups is 2. The molecule has 1 amide bonds. The highest BCUT2D eigenvalue weighted by Gasteiger charge is 2.45. The van der Waals surface area contributed by atoms with E-state index in [1.807, 2.05) is 6.08 Å². The van der Waals surface area contributed by atoms with Crippen LogP contribution in [0, 0.1) is 11.3 Å². The van der Waals surface area contributed by atoms with Gasteiger partial charge >= 0.3 is 5.97 Å². The van der Waals surface area contributed by atoms with E-state index >= 15 is 0 Å². The number of carboxylic acid groups (broad SMARTS) is 1. The van der Waals surface area contributed by atoms with E-state index in [0.717, 1.165) is 19.3 Å². The Morgan fingerprint density at radius 1 is 0.812 bits per heavy atom. The first-order valence-corrected chi connectivity index (χ1v) is 12.9. The molecular weight excluding hydrogens is 406 g/mol. The molecule has 32 heavy (non-hydrogen) atoms. The average Bonchev–Trinajstić information content (AvgIpc) is 2.76. The largest absolute Gasteiger partial charge is 0.481 e. The van der Waals surface area contributed by atoms with Crippen molar-refractivity contribution < 1.29 is 24.9 Å². The lowest BCUT2D eigenvalue weighted by atomic mass is 9.70. The SMILES string of the molecule is CCCCCCCCCCCCCCCCC=CC(CCO)(C(N)=O)C(CCO)C(=O)O. The van der Waals surface area contributed by atoms with E-state index in [0.29, 0.717) is 0 Å². The topological polar surface area (TPSA) is 121 Å². The van der Waals surface area contributed by atoms with Crippen molar-refractivity contribution in [2.45, 2.75) is 116 Å². The molecule has 0 bridgehead atoms. The summed E-state index contributed by atoms with van der Waals surface area (Å²) < 4.78 is 0. The minimum atomic E-state index is -1.47. The lowest BCUT2D eigenvalue weighted by Gasteiger charge is -2.32. The third-order valence-electron chi connectivity index (χ3n) is 6.46. The Morgan fingerprint density at radius 2 is 1.28 bits per heavy atom. The summed E-state index contributed by atoms with van der Waals surface area (Å²) in [6.07, 6.45) is 22.0. The normalized spacial score (nSPS) is 14.5. The second-order valence-electron chi connectivity index (χ2n) is 9.07. The lowest BCUT2D eigenvalue weighted by molar-refractivity contribution is -0.151. The van der Waals surface area contributed by atoms with Crippen molar-refractivity contribution in [3.8, 4) is 0 Å². The number of primary amides is 1. The Bertz CT molecular complexity index is 508. The Kier molecular flexibility index (Phi) is 19.3. The molecule has 0 heterocycles. The summed E-state index contributed by atoms with van der Waals surface area (Å²) in [5.41, 5.74) is 4.07. The first kappa shape index (κ1) is 30.6. The Balaban J connectivity index is 4.11. The number of hydrogen-bond acceptors (Lipinski definition) is 4. The molecular formula is C26H49NO5. The Morgan fingerprint density at radius 3 is 1.66 bits per heavy atom. The summed E-state index contributed by atoms with van der Waals surface area (Å²) in [5.74, 6) is -3.11. The standard InChI is InChI=1S/C26H49NO5/c1-2-3-4-5-6-7-8-9-10-11-12-13-14-15-16-17-19-26(20-22-29,25(27)32)23(18-21-28)24(30)31/h17,19,23,28-29H,2-16,18,20-22H2,1H3,(H2,27,32)(H,30,31). The predicted molar refractivity (Wildman–Crippen MR) is 130 cm³/mol. The van der Waals surface area contributed by atoms with Gasteiger partial charge in [-0.05, 0) is 25.7 Å². The van der Waals surface area contributed by atoms with Gasteiger partial charge in [-0.1, -0.05) is 103 Å². The third-order valence-corrected chi connectivity index (χ3v) is 6.46. The van der Waals surface area contributed by atoms with Crippen molar-refractivity contribution in [3.05, 3.63) is 12.2 Å². The number of unbranched alkanes of at least 4 members (excludes halogenated alkanes) is 14. The number of nitrogens with two attached hydrogens (primary N) is 1. The quantitative estimate of drug-likeness (QED) is 0.122.